The van der Waals surface area contributed by atoms with Gasteiger partial charge in [0.25, 0.3) is 0 Å². The van der Waals surface area contributed by atoms with Gasteiger partial charge in [-0.05, 0) is 42.7 Å². The smallest absolute Gasteiger partial charge is 0.222 e. The number of aryl methyl sites for hydroxylation is 2. The number of ether oxygens (including phenoxy) is 1. The van der Waals surface area contributed by atoms with Crippen LogP contribution in [0.1, 0.15) is 38.6 Å². The van der Waals surface area contributed by atoms with E-state index in [4.69, 9.17) is 9.72 Å². The molecule has 0 fully saturated rings. The molecule has 0 unspecified atom stereocenters. The van der Waals surface area contributed by atoms with Crippen molar-refractivity contribution in [1.29, 1.82) is 0 Å². The Labute approximate surface area is 182 Å². The largest absolute Gasteiger partial charge is 0.496 e. The zero-order chi connectivity index (χ0) is 22.0. The lowest BCUT2D eigenvalue weighted by Gasteiger charge is -2.21. The van der Waals surface area contributed by atoms with Crippen LogP contribution < -0.4 is 10.1 Å². The molecule has 6 heteroatoms. The molecule has 1 atom stereocenters. The van der Waals surface area contributed by atoms with Crippen LogP contribution in [0.3, 0.4) is 0 Å². The zero-order valence-corrected chi connectivity index (χ0v) is 18.6. The lowest BCUT2D eigenvalue weighted by molar-refractivity contribution is -0.122. The van der Waals surface area contributed by atoms with E-state index < -0.39 is 0 Å². The molecular formula is C25H30N4O2. The van der Waals surface area contributed by atoms with Crippen molar-refractivity contribution < 1.29 is 9.53 Å². The molecule has 0 saturated carbocycles. The maximum Gasteiger partial charge on any atom is 0.222 e. The number of hydrogen-bond acceptors (Lipinski definition) is 3. The number of aromatic nitrogens is 3. The van der Waals surface area contributed by atoms with E-state index in [1.54, 1.807) is 7.11 Å². The fourth-order valence-corrected chi connectivity index (χ4v) is 4.23. The number of hydrogen-bond donors (Lipinski definition) is 1. The van der Waals surface area contributed by atoms with Gasteiger partial charge in [-0.2, -0.15) is 0 Å². The highest BCUT2D eigenvalue weighted by Crippen LogP contribution is 2.27. The molecule has 1 amide bonds. The average Bonchev–Trinajstić information content (AvgIpc) is 3.33. The van der Waals surface area contributed by atoms with E-state index in [1.807, 2.05) is 49.6 Å². The van der Waals surface area contributed by atoms with E-state index in [-0.39, 0.29) is 11.9 Å². The molecule has 0 spiro atoms. The number of nitrogens with one attached hydrogen (secondary N) is 1. The number of amides is 1. The second-order valence-electron chi connectivity index (χ2n) is 8.42. The second kappa shape index (κ2) is 8.84. The molecule has 2 heterocycles. The van der Waals surface area contributed by atoms with Gasteiger partial charge in [0.1, 0.15) is 11.6 Å². The van der Waals surface area contributed by atoms with E-state index in [0.29, 0.717) is 18.9 Å². The molecule has 2 aromatic heterocycles. The van der Waals surface area contributed by atoms with Crippen LogP contribution in [0.5, 0.6) is 5.75 Å². The number of para-hydroxylation sites is 2. The Balaban J connectivity index is 1.50. The van der Waals surface area contributed by atoms with Crippen LogP contribution >= 0.6 is 0 Å². The van der Waals surface area contributed by atoms with Crippen molar-refractivity contribution >= 4 is 27.8 Å². The van der Waals surface area contributed by atoms with Gasteiger partial charge in [0, 0.05) is 31.6 Å². The summed E-state index contributed by atoms with van der Waals surface area (Å²) in [5, 5.41) is 4.30. The van der Waals surface area contributed by atoms with Crippen LogP contribution in [-0.2, 0) is 18.4 Å². The molecular weight excluding hydrogens is 388 g/mol. The van der Waals surface area contributed by atoms with Gasteiger partial charge in [0.2, 0.25) is 5.91 Å². The Kier molecular flexibility index (Phi) is 5.98. The third kappa shape index (κ3) is 4.29. The summed E-state index contributed by atoms with van der Waals surface area (Å²) in [6, 6.07) is 16.0. The van der Waals surface area contributed by atoms with Gasteiger partial charge < -0.3 is 19.2 Å². The minimum atomic E-state index is -0.119. The highest BCUT2D eigenvalue weighted by Gasteiger charge is 2.22. The molecule has 0 aliphatic rings. The first-order chi connectivity index (χ1) is 15.0. The standard InChI is InChI=1S/C25H30N4O2/c1-17(2)16-20(25-27-19-8-5-6-9-22(19)28(25)3)26-24(30)13-15-29-14-12-18-21(29)10-7-11-23(18)31-4/h5-12,14,17,20H,13,15-16H2,1-4H3,(H,26,30)/t20-/m1/s1. The number of fused-ring (bicyclic) bond motifs is 2. The quantitative estimate of drug-likeness (QED) is 0.446. The molecule has 4 aromatic rings. The van der Waals surface area contributed by atoms with Crippen molar-refractivity contribution in [3.05, 3.63) is 60.6 Å². The summed E-state index contributed by atoms with van der Waals surface area (Å²) in [7, 11) is 3.69. The predicted molar refractivity (Wildman–Crippen MR) is 124 cm³/mol. The van der Waals surface area contributed by atoms with E-state index >= 15 is 0 Å². The first kappa shape index (κ1) is 21.0. The third-order valence-electron chi connectivity index (χ3n) is 5.75. The highest BCUT2D eigenvalue weighted by molar-refractivity contribution is 5.86. The van der Waals surface area contributed by atoms with Gasteiger partial charge >= 0.3 is 0 Å². The van der Waals surface area contributed by atoms with Crippen LogP contribution in [0.2, 0.25) is 0 Å². The van der Waals surface area contributed by atoms with E-state index in [0.717, 1.165) is 39.9 Å². The number of methoxy groups -OCH3 is 1. The van der Waals surface area contributed by atoms with E-state index in [1.165, 1.54) is 0 Å². The maximum atomic E-state index is 12.9. The van der Waals surface area contributed by atoms with Gasteiger partial charge in [0.15, 0.2) is 0 Å². The van der Waals surface area contributed by atoms with Crippen molar-refractivity contribution in [2.24, 2.45) is 13.0 Å². The van der Waals surface area contributed by atoms with Crippen LogP contribution in [0.4, 0.5) is 0 Å². The molecule has 0 saturated heterocycles. The summed E-state index contributed by atoms with van der Waals surface area (Å²) in [5.74, 6) is 2.22. The number of imidazole rings is 1. The number of nitrogens with zero attached hydrogens (tertiary/aromatic N) is 3. The van der Waals surface area contributed by atoms with Crippen molar-refractivity contribution in [3.8, 4) is 5.75 Å². The van der Waals surface area contributed by atoms with E-state index in [2.05, 4.69) is 40.4 Å². The summed E-state index contributed by atoms with van der Waals surface area (Å²) in [6.45, 7) is 4.95. The Morgan fingerprint density at radius 3 is 2.61 bits per heavy atom. The highest BCUT2D eigenvalue weighted by atomic mass is 16.5. The molecule has 0 radical (unpaired) electrons. The van der Waals surface area contributed by atoms with Crippen molar-refractivity contribution in [1.82, 2.24) is 19.4 Å². The first-order valence-electron chi connectivity index (χ1n) is 10.8. The molecule has 1 N–H and O–H groups in total. The second-order valence-corrected chi connectivity index (χ2v) is 8.42. The van der Waals surface area contributed by atoms with Gasteiger partial charge in [0.05, 0.1) is 29.7 Å². The van der Waals surface area contributed by atoms with Crippen molar-refractivity contribution in [2.45, 2.75) is 39.3 Å². The number of carbonyl (C=O) groups is 1. The summed E-state index contributed by atoms with van der Waals surface area (Å²) in [5.41, 5.74) is 3.10. The van der Waals surface area contributed by atoms with Crippen molar-refractivity contribution in [3.63, 3.8) is 0 Å². The molecule has 6 nitrogen and oxygen atoms in total. The van der Waals surface area contributed by atoms with Crippen LogP contribution in [-0.4, -0.2) is 27.1 Å². The summed E-state index contributed by atoms with van der Waals surface area (Å²) in [4.78, 5) is 17.7. The number of benzene rings is 2. The summed E-state index contributed by atoms with van der Waals surface area (Å²) in [6.07, 6.45) is 3.25. The molecule has 2 aromatic carbocycles. The number of carbonyl (C=O) groups excluding carboxylic acids is 1. The minimum Gasteiger partial charge on any atom is -0.496 e. The monoisotopic (exact) mass is 418 g/mol. The summed E-state index contributed by atoms with van der Waals surface area (Å²) < 4.78 is 9.63. The molecule has 0 bridgehead atoms. The molecule has 0 aliphatic carbocycles. The Morgan fingerprint density at radius 2 is 1.87 bits per heavy atom. The Morgan fingerprint density at radius 1 is 1.10 bits per heavy atom. The molecule has 162 valence electrons. The van der Waals surface area contributed by atoms with Crippen LogP contribution in [0.25, 0.3) is 21.9 Å². The van der Waals surface area contributed by atoms with Crippen molar-refractivity contribution in [2.75, 3.05) is 7.11 Å². The fourth-order valence-electron chi connectivity index (χ4n) is 4.23. The van der Waals surface area contributed by atoms with Gasteiger partial charge in [-0.25, -0.2) is 4.98 Å². The van der Waals surface area contributed by atoms with Crippen LogP contribution in [0.15, 0.2) is 54.7 Å². The molecule has 31 heavy (non-hydrogen) atoms. The SMILES string of the molecule is COc1cccc2c1ccn2CCC(=O)N[C@H](CC(C)C)c1nc2ccccc2n1C. The zero-order valence-electron chi connectivity index (χ0n) is 18.6. The Bertz CT molecular complexity index is 1200. The average molecular weight is 419 g/mol. The third-order valence-corrected chi connectivity index (χ3v) is 5.75. The predicted octanol–water partition coefficient (Wildman–Crippen LogP) is 4.83. The lowest BCUT2D eigenvalue weighted by Crippen LogP contribution is -2.31. The summed E-state index contributed by atoms with van der Waals surface area (Å²) >= 11 is 0. The van der Waals surface area contributed by atoms with Gasteiger partial charge in [-0.1, -0.05) is 32.0 Å². The fraction of sp³-hybridized carbons (Fsp3) is 0.360. The maximum absolute atomic E-state index is 12.9. The van der Waals surface area contributed by atoms with E-state index in [9.17, 15) is 4.79 Å². The topological polar surface area (TPSA) is 61.1 Å². The van der Waals surface area contributed by atoms with Gasteiger partial charge in [-0.3, -0.25) is 4.79 Å². The van der Waals surface area contributed by atoms with Crippen LogP contribution in [0, 0.1) is 5.92 Å². The Hall–Kier alpha value is -3.28. The molecule has 4 rings (SSSR count). The minimum absolute atomic E-state index is 0.0300. The van der Waals surface area contributed by atoms with Gasteiger partial charge in [-0.15, -0.1) is 0 Å². The number of rotatable bonds is 8. The normalized spacial score (nSPS) is 12.5. The molecule has 0 aliphatic heterocycles. The first-order valence-corrected chi connectivity index (χ1v) is 10.8. The lowest BCUT2D eigenvalue weighted by atomic mass is 10.0.